The monoisotopic (exact) mass is 318 g/mol. The number of aromatic nitrogens is 3. The number of hydrogen-bond donors (Lipinski definition) is 0. The highest BCUT2D eigenvalue weighted by Crippen LogP contribution is 2.33. The fourth-order valence-electron chi connectivity index (χ4n) is 3.63. The summed E-state index contributed by atoms with van der Waals surface area (Å²) in [6.45, 7) is 11.0. The Hall–Kier alpha value is -1.20. The van der Waals surface area contributed by atoms with E-state index in [4.69, 9.17) is 0 Å². The Labute approximate surface area is 137 Å². The van der Waals surface area contributed by atoms with Crippen LogP contribution in [0.4, 0.5) is 0 Å². The Kier molecular flexibility index (Phi) is 4.64. The zero-order valence-corrected chi connectivity index (χ0v) is 14.8. The topological polar surface area (TPSA) is 26.0 Å². The minimum Gasteiger partial charge on any atom is -0.349 e. The largest absolute Gasteiger partial charge is 0.349 e. The quantitative estimate of drug-likeness (QED) is 0.787. The molecule has 0 radical (unpaired) electrons. The van der Waals surface area contributed by atoms with E-state index in [1.807, 2.05) is 0 Å². The van der Waals surface area contributed by atoms with Crippen LogP contribution in [0.25, 0.3) is 0 Å². The molecule has 1 aliphatic rings. The zero-order chi connectivity index (χ0) is 15.7. The van der Waals surface area contributed by atoms with Gasteiger partial charge in [0, 0.05) is 38.1 Å². The van der Waals surface area contributed by atoms with E-state index in [0.717, 1.165) is 31.3 Å². The molecule has 0 aromatic carbocycles. The van der Waals surface area contributed by atoms with Crippen LogP contribution in [0.5, 0.6) is 0 Å². The van der Waals surface area contributed by atoms with E-state index < -0.39 is 0 Å². The molecule has 0 amide bonds. The molecular weight excluding hydrogens is 292 g/mol. The van der Waals surface area contributed by atoms with E-state index in [0.29, 0.717) is 12.0 Å². The molecule has 2 aromatic heterocycles. The number of nitrogens with zero attached hydrogens (tertiary/aromatic N) is 4. The Balaban J connectivity index is 1.87. The highest BCUT2D eigenvalue weighted by Gasteiger charge is 2.30. The Morgan fingerprint density at radius 2 is 2.18 bits per heavy atom. The van der Waals surface area contributed by atoms with Gasteiger partial charge in [-0.15, -0.1) is 0 Å². The molecule has 5 heteroatoms. The number of hydrogen-bond acceptors (Lipinski definition) is 3. The van der Waals surface area contributed by atoms with Crippen LogP contribution in [-0.4, -0.2) is 31.8 Å². The lowest BCUT2D eigenvalue weighted by atomic mass is 9.97. The molecule has 4 nitrogen and oxygen atoms in total. The molecule has 0 N–H and O–H groups in total. The van der Waals surface area contributed by atoms with Crippen LogP contribution in [0.3, 0.4) is 0 Å². The van der Waals surface area contributed by atoms with Gasteiger partial charge in [0.1, 0.15) is 0 Å². The third-order valence-electron chi connectivity index (χ3n) is 4.59. The molecule has 0 bridgehead atoms. The van der Waals surface area contributed by atoms with Crippen molar-refractivity contribution in [3.05, 3.63) is 35.9 Å². The van der Waals surface area contributed by atoms with Gasteiger partial charge in [-0.3, -0.25) is 4.90 Å². The van der Waals surface area contributed by atoms with E-state index in [2.05, 4.69) is 70.6 Å². The smallest absolute Gasteiger partial charge is 0.167 e. The Morgan fingerprint density at radius 3 is 2.86 bits per heavy atom. The Morgan fingerprint density at radius 1 is 1.36 bits per heavy atom. The molecule has 0 saturated heterocycles. The van der Waals surface area contributed by atoms with Crippen molar-refractivity contribution in [1.82, 2.24) is 19.0 Å². The highest BCUT2D eigenvalue weighted by atomic mass is 32.2. The lowest BCUT2D eigenvalue weighted by Crippen LogP contribution is -2.40. The van der Waals surface area contributed by atoms with Gasteiger partial charge in [0.2, 0.25) is 0 Å². The molecule has 2 aromatic rings. The molecule has 1 aliphatic heterocycles. The number of fused-ring (bicyclic) bond motifs is 1. The minimum atomic E-state index is 0.488. The van der Waals surface area contributed by atoms with Gasteiger partial charge in [0.05, 0.1) is 17.9 Å². The molecule has 120 valence electrons. The average Bonchev–Trinajstić information content (AvgIpc) is 3.12. The van der Waals surface area contributed by atoms with Gasteiger partial charge < -0.3 is 9.13 Å². The zero-order valence-electron chi connectivity index (χ0n) is 14.0. The van der Waals surface area contributed by atoms with Crippen molar-refractivity contribution in [2.75, 3.05) is 12.8 Å². The standard InChI is InChI=1S/C17H26N4S/c1-5-21-14(11-18-17(21)22-4)12-20-10-9-19-8-6-7-15(19)16(20)13(2)3/h6-8,11,13,16H,5,9-10,12H2,1-4H3/t16-/m0/s1. The maximum atomic E-state index is 4.57. The second-order valence-corrected chi connectivity index (χ2v) is 7.04. The van der Waals surface area contributed by atoms with Crippen LogP contribution < -0.4 is 0 Å². The van der Waals surface area contributed by atoms with Crippen molar-refractivity contribution in [3.8, 4) is 0 Å². The SMILES string of the molecule is CCn1c(CN2CCn3cccc3[C@@H]2C(C)C)cnc1SC. The van der Waals surface area contributed by atoms with Crippen LogP contribution in [-0.2, 0) is 19.6 Å². The molecule has 3 heterocycles. The summed E-state index contributed by atoms with van der Waals surface area (Å²) in [6.07, 6.45) is 6.37. The van der Waals surface area contributed by atoms with Crippen LogP contribution in [0, 0.1) is 5.92 Å². The van der Waals surface area contributed by atoms with E-state index in [1.54, 1.807) is 11.8 Å². The molecule has 3 rings (SSSR count). The lowest BCUT2D eigenvalue weighted by molar-refractivity contribution is 0.109. The predicted octanol–water partition coefficient (Wildman–Crippen LogP) is 3.64. The first kappa shape index (κ1) is 15.7. The normalized spacial score (nSPS) is 18.9. The minimum absolute atomic E-state index is 0.488. The van der Waals surface area contributed by atoms with E-state index in [9.17, 15) is 0 Å². The van der Waals surface area contributed by atoms with Gasteiger partial charge in [-0.1, -0.05) is 25.6 Å². The van der Waals surface area contributed by atoms with Crippen LogP contribution in [0.2, 0.25) is 0 Å². The number of imidazole rings is 1. The summed E-state index contributed by atoms with van der Waals surface area (Å²) in [5.74, 6) is 0.604. The summed E-state index contributed by atoms with van der Waals surface area (Å²) in [6, 6.07) is 4.94. The first-order valence-corrected chi connectivity index (χ1v) is 9.35. The first-order chi connectivity index (χ1) is 10.7. The summed E-state index contributed by atoms with van der Waals surface area (Å²) < 4.78 is 4.75. The van der Waals surface area contributed by atoms with E-state index >= 15 is 0 Å². The molecule has 0 spiro atoms. The van der Waals surface area contributed by atoms with Crippen molar-refractivity contribution in [2.24, 2.45) is 5.92 Å². The van der Waals surface area contributed by atoms with Gasteiger partial charge in [0.15, 0.2) is 5.16 Å². The van der Waals surface area contributed by atoms with Gasteiger partial charge >= 0.3 is 0 Å². The Bertz CT molecular complexity index is 628. The van der Waals surface area contributed by atoms with Crippen LogP contribution in [0.15, 0.2) is 29.7 Å². The van der Waals surface area contributed by atoms with Crippen LogP contribution >= 0.6 is 11.8 Å². The van der Waals surface area contributed by atoms with Crippen molar-refractivity contribution in [1.29, 1.82) is 0 Å². The van der Waals surface area contributed by atoms with Crippen molar-refractivity contribution in [3.63, 3.8) is 0 Å². The van der Waals surface area contributed by atoms with Gasteiger partial charge in [-0.25, -0.2) is 4.98 Å². The molecule has 0 saturated carbocycles. The first-order valence-electron chi connectivity index (χ1n) is 8.13. The van der Waals surface area contributed by atoms with E-state index in [1.165, 1.54) is 11.4 Å². The van der Waals surface area contributed by atoms with Crippen LogP contribution in [0.1, 0.15) is 38.2 Å². The molecule has 0 unspecified atom stereocenters. The maximum absolute atomic E-state index is 4.57. The fraction of sp³-hybridized carbons (Fsp3) is 0.588. The fourth-order valence-corrected chi connectivity index (χ4v) is 4.25. The highest BCUT2D eigenvalue weighted by molar-refractivity contribution is 7.98. The van der Waals surface area contributed by atoms with Crippen molar-refractivity contribution >= 4 is 11.8 Å². The maximum Gasteiger partial charge on any atom is 0.167 e. The summed E-state index contributed by atoms with van der Waals surface area (Å²) in [4.78, 5) is 7.19. The summed E-state index contributed by atoms with van der Waals surface area (Å²) in [5, 5.41) is 1.12. The lowest BCUT2D eigenvalue weighted by Gasteiger charge is -2.39. The van der Waals surface area contributed by atoms with Gasteiger partial charge in [-0.2, -0.15) is 0 Å². The molecule has 1 atom stereocenters. The predicted molar refractivity (Wildman–Crippen MR) is 92.1 cm³/mol. The second kappa shape index (κ2) is 6.50. The summed E-state index contributed by atoms with van der Waals surface area (Å²) >= 11 is 1.73. The molecule has 0 fully saturated rings. The third kappa shape index (κ3) is 2.72. The molecule has 0 aliphatic carbocycles. The van der Waals surface area contributed by atoms with Gasteiger partial charge in [-0.05, 0) is 31.2 Å². The average molecular weight is 318 g/mol. The summed E-state index contributed by atoms with van der Waals surface area (Å²) in [7, 11) is 0. The number of thioether (sulfide) groups is 1. The van der Waals surface area contributed by atoms with E-state index in [-0.39, 0.29) is 0 Å². The number of rotatable bonds is 5. The molecule has 22 heavy (non-hydrogen) atoms. The molecular formula is C17H26N4S. The second-order valence-electron chi connectivity index (χ2n) is 6.27. The van der Waals surface area contributed by atoms with Crippen molar-refractivity contribution < 1.29 is 0 Å². The third-order valence-corrected chi connectivity index (χ3v) is 5.28. The summed E-state index contributed by atoms with van der Waals surface area (Å²) in [5.41, 5.74) is 2.78. The van der Waals surface area contributed by atoms with Gasteiger partial charge in [0.25, 0.3) is 0 Å². The van der Waals surface area contributed by atoms with Crippen molar-refractivity contribution in [2.45, 2.75) is 51.6 Å².